The number of carbonyl (C=O) groups excluding carboxylic acids is 1. The maximum absolute atomic E-state index is 12.5. The number of sulfonamides is 1. The van der Waals surface area contributed by atoms with Gasteiger partial charge in [0.1, 0.15) is 0 Å². The molecule has 0 spiro atoms. The summed E-state index contributed by atoms with van der Waals surface area (Å²) in [6.45, 7) is 9.20. The normalized spacial score (nSPS) is 11.7. The molecule has 2 aromatic carbocycles. The molecule has 0 saturated carbocycles. The summed E-state index contributed by atoms with van der Waals surface area (Å²) in [6.07, 6.45) is 5.65. The molecule has 8 nitrogen and oxygen atoms in total. The molecule has 0 aliphatic rings. The molecule has 0 aliphatic carbocycles. The molecule has 0 atom stereocenters. The number of hydrogen-bond acceptors (Lipinski definition) is 7. The Hall–Kier alpha value is -3.20. The molecule has 0 radical (unpaired) electrons. The number of carbonyl (C=O) groups is 1. The van der Waals surface area contributed by atoms with Gasteiger partial charge < -0.3 is 18.9 Å². The van der Waals surface area contributed by atoms with Crippen LogP contribution in [0.1, 0.15) is 64.5 Å². The Morgan fingerprint density at radius 1 is 0.846 bits per heavy atom. The second-order valence-electron chi connectivity index (χ2n) is 8.97. The summed E-state index contributed by atoms with van der Waals surface area (Å²) in [6, 6.07) is 13.0. The number of benzene rings is 2. The van der Waals surface area contributed by atoms with Crippen LogP contribution in [0.15, 0.2) is 48.2 Å². The average Bonchev–Trinajstić information content (AvgIpc) is 2.93. The van der Waals surface area contributed by atoms with Crippen LogP contribution in [0.25, 0.3) is 6.08 Å². The van der Waals surface area contributed by atoms with Crippen molar-refractivity contribution < 1.29 is 32.2 Å². The van der Waals surface area contributed by atoms with Crippen molar-refractivity contribution in [2.45, 2.75) is 59.8 Å². The third kappa shape index (κ3) is 10.5. The molecule has 0 bridgehead atoms. The molecular weight excluding hydrogens is 518 g/mol. The minimum absolute atomic E-state index is 0.139. The van der Waals surface area contributed by atoms with Crippen LogP contribution < -0.4 is 13.8 Å². The maximum Gasteiger partial charge on any atom is 0.373 e. The zero-order valence-corrected chi connectivity index (χ0v) is 24.7. The summed E-state index contributed by atoms with van der Waals surface area (Å²) < 4.78 is 48.9. The molecule has 0 saturated heterocycles. The fraction of sp³-hybridized carbons (Fsp3) is 0.500. The van der Waals surface area contributed by atoms with E-state index in [4.69, 9.17) is 18.9 Å². The molecule has 0 aliphatic heterocycles. The largest absolute Gasteiger partial charge is 0.490 e. The van der Waals surface area contributed by atoms with Crippen LogP contribution >= 0.6 is 0 Å². The van der Waals surface area contributed by atoms with Crippen LogP contribution in [0.5, 0.6) is 11.5 Å². The highest BCUT2D eigenvalue weighted by molar-refractivity contribution is 7.92. The lowest BCUT2D eigenvalue weighted by atomic mass is 10.1. The first-order valence-electron chi connectivity index (χ1n) is 13.7. The molecule has 2 rings (SSSR count). The topological polar surface area (TPSA) is 91.4 Å². The molecule has 216 valence electrons. The number of anilines is 1. The number of ether oxygens (including phenoxy) is 4. The molecular formula is C30H43NO7S. The van der Waals surface area contributed by atoms with E-state index in [1.54, 1.807) is 20.0 Å². The SMILES string of the molecule is CCCCOc1cc(/C=C(\OCC)C(=O)OCC)ccc1OCCc1ccc(N(C)S(=O)(=O)CCCC)cc1. The average molecular weight is 562 g/mol. The molecule has 9 heteroatoms. The van der Waals surface area contributed by atoms with Gasteiger partial charge in [-0.2, -0.15) is 0 Å². The molecule has 0 amide bonds. The van der Waals surface area contributed by atoms with Crippen LogP contribution in [0.4, 0.5) is 5.69 Å². The molecule has 39 heavy (non-hydrogen) atoms. The lowest BCUT2D eigenvalue weighted by Crippen LogP contribution is -2.28. The van der Waals surface area contributed by atoms with E-state index in [0.717, 1.165) is 30.4 Å². The maximum atomic E-state index is 12.5. The highest BCUT2D eigenvalue weighted by Crippen LogP contribution is 2.30. The minimum Gasteiger partial charge on any atom is -0.490 e. The van der Waals surface area contributed by atoms with Crippen LogP contribution in [-0.4, -0.2) is 53.6 Å². The van der Waals surface area contributed by atoms with Crippen molar-refractivity contribution in [3.8, 4) is 11.5 Å². The second kappa shape index (κ2) is 16.7. The van der Waals surface area contributed by atoms with Crippen LogP contribution in [0, 0.1) is 0 Å². The zero-order chi connectivity index (χ0) is 28.7. The minimum atomic E-state index is -3.32. The van der Waals surface area contributed by atoms with Crippen molar-refractivity contribution in [3.63, 3.8) is 0 Å². The van der Waals surface area contributed by atoms with Gasteiger partial charge in [0.05, 0.1) is 37.9 Å². The van der Waals surface area contributed by atoms with Gasteiger partial charge in [0.15, 0.2) is 11.5 Å². The van der Waals surface area contributed by atoms with E-state index in [0.29, 0.717) is 49.8 Å². The van der Waals surface area contributed by atoms with Crippen molar-refractivity contribution >= 4 is 27.8 Å². The van der Waals surface area contributed by atoms with Crippen molar-refractivity contribution in [2.24, 2.45) is 0 Å². The first-order chi connectivity index (χ1) is 18.7. The van der Waals surface area contributed by atoms with Gasteiger partial charge in [-0.3, -0.25) is 4.31 Å². The molecule has 0 heterocycles. The number of esters is 1. The summed E-state index contributed by atoms with van der Waals surface area (Å²) >= 11 is 0. The number of nitrogens with zero attached hydrogens (tertiary/aromatic N) is 1. The summed E-state index contributed by atoms with van der Waals surface area (Å²) in [5.74, 6) is 0.966. The van der Waals surface area contributed by atoms with E-state index < -0.39 is 16.0 Å². The van der Waals surface area contributed by atoms with Gasteiger partial charge >= 0.3 is 5.97 Å². The van der Waals surface area contributed by atoms with Gasteiger partial charge in [-0.25, -0.2) is 13.2 Å². The number of unbranched alkanes of at least 4 members (excludes halogenated alkanes) is 2. The van der Waals surface area contributed by atoms with Gasteiger partial charge in [0.2, 0.25) is 15.8 Å². The van der Waals surface area contributed by atoms with Gasteiger partial charge in [-0.15, -0.1) is 0 Å². The Labute approximate surface area is 234 Å². The van der Waals surface area contributed by atoms with Crippen LogP contribution in [0.2, 0.25) is 0 Å². The Morgan fingerprint density at radius 3 is 2.15 bits per heavy atom. The van der Waals surface area contributed by atoms with E-state index >= 15 is 0 Å². The van der Waals surface area contributed by atoms with Crippen molar-refractivity contribution in [3.05, 3.63) is 59.4 Å². The van der Waals surface area contributed by atoms with E-state index in [-0.39, 0.29) is 18.1 Å². The Balaban J connectivity index is 2.11. The van der Waals surface area contributed by atoms with Gasteiger partial charge in [0, 0.05) is 13.5 Å². The standard InChI is InChI=1S/C30H43NO7S/c1-6-10-19-37-28-22-25(23-29(35-8-3)30(32)36-9-4)14-17-27(28)38-20-18-24-12-15-26(16-13-24)31(5)39(33,34)21-11-7-2/h12-17,22-23H,6-11,18-21H2,1-5H3/b29-23-. The molecule has 2 aromatic rings. The fourth-order valence-corrected chi connectivity index (χ4v) is 4.99. The molecule has 0 aromatic heterocycles. The van der Waals surface area contributed by atoms with E-state index in [2.05, 4.69) is 6.92 Å². The second-order valence-corrected chi connectivity index (χ2v) is 11.1. The number of hydrogen-bond donors (Lipinski definition) is 0. The Morgan fingerprint density at radius 2 is 1.51 bits per heavy atom. The van der Waals surface area contributed by atoms with Crippen molar-refractivity contribution in [1.29, 1.82) is 0 Å². The van der Waals surface area contributed by atoms with Crippen molar-refractivity contribution in [2.75, 3.05) is 43.5 Å². The molecule has 0 N–H and O–H groups in total. The first kappa shape index (κ1) is 32.0. The van der Waals surface area contributed by atoms with Crippen molar-refractivity contribution in [1.82, 2.24) is 0 Å². The smallest absolute Gasteiger partial charge is 0.373 e. The monoisotopic (exact) mass is 561 g/mol. The predicted molar refractivity (Wildman–Crippen MR) is 156 cm³/mol. The summed E-state index contributed by atoms with van der Waals surface area (Å²) in [7, 11) is -1.73. The van der Waals surface area contributed by atoms with Crippen LogP contribution in [0.3, 0.4) is 0 Å². The Bertz CT molecular complexity index is 1160. The van der Waals surface area contributed by atoms with E-state index in [1.807, 2.05) is 56.3 Å². The summed E-state index contributed by atoms with van der Waals surface area (Å²) in [4.78, 5) is 12.2. The van der Waals surface area contributed by atoms with Gasteiger partial charge in [0.25, 0.3) is 0 Å². The molecule has 0 fully saturated rings. The predicted octanol–water partition coefficient (Wildman–Crippen LogP) is 5.99. The fourth-order valence-electron chi connectivity index (χ4n) is 3.62. The van der Waals surface area contributed by atoms with Gasteiger partial charge in [-0.1, -0.05) is 44.9 Å². The van der Waals surface area contributed by atoms with Gasteiger partial charge in [-0.05, 0) is 68.2 Å². The lowest BCUT2D eigenvalue weighted by Gasteiger charge is -2.19. The highest BCUT2D eigenvalue weighted by Gasteiger charge is 2.18. The highest BCUT2D eigenvalue weighted by atomic mass is 32.2. The number of rotatable bonds is 18. The Kier molecular flexibility index (Phi) is 13.7. The van der Waals surface area contributed by atoms with E-state index in [9.17, 15) is 13.2 Å². The third-order valence-corrected chi connectivity index (χ3v) is 7.77. The summed E-state index contributed by atoms with van der Waals surface area (Å²) in [5.41, 5.74) is 2.40. The zero-order valence-electron chi connectivity index (χ0n) is 23.9. The van der Waals surface area contributed by atoms with Crippen LogP contribution in [-0.2, 0) is 30.7 Å². The lowest BCUT2D eigenvalue weighted by molar-refractivity contribution is -0.142. The summed E-state index contributed by atoms with van der Waals surface area (Å²) in [5, 5.41) is 0. The first-order valence-corrected chi connectivity index (χ1v) is 15.3. The van der Waals surface area contributed by atoms with E-state index in [1.165, 1.54) is 4.31 Å². The molecule has 0 unspecified atom stereocenters. The quantitative estimate of drug-likeness (QED) is 0.0955. The third-order valence-electron chi connectivity index (χ3n) is 5.92.